The Morgan fingerprint density at radius 2 is 1.93 bits per heavy atom. The molecule has 14 heavy (non-hydrogen) atoms. The topological polar surface area (TPSA) is 12.0 Å². The van der Waals surface area contributed by atoms with Crippen LogP contribution in [0.3, 0.4) is 0 Å². The Morgan fingerprint density at radius 3 is 2.43 bits per heavy atom. The molecule has 0 aliphatic heterocycles. The van der Waals surface area contributed by atoms with Crippen LogP contribution < -0.4 is 5.32 Å². The summed E-state index contributed by atoms with van der Waals surface area (Å²) in [5.41, 5.74) is 0. The number of hydrogen-bond donors (Lipinski definition) is 1. The molecule has 0 aromatic rings. The minimum atomic E-state index is 0.724. The highest BCUT2D eigenvalue weighted by atomic mass is 14.9. The molecule has 1 nitrogen and oxygen atoms in total. The highest BCUT2D eigenvalue weighted by molar-refractivity contribution is 4.71. The fourth-order valence-electron chi connectivity index (χ4n) is 1.68. The first kappa shape index (κ1) is 13.7. The molecule has 1 heteroatoms. The third-order valence-corrected chi connectivity index (χ3v) is 2.55. The van der Waals surface area contributed by atoms with Crippen LogP contribution in [0, 0.1) is 5.92 Å². The van der Waals surface area contributed by atoms with Crippen LogP contribution in [0.4, 0.5) is 0 Å². The molecule has 1 atom stereocenters. The molecule has 0 aliphatic rings. The van der Waals surface area contributed by atoms with Gasteiger partial charge in [-0.3, -0.25) is 0 Å². The number of rotatable bonds is 9. The molecule has 0 fully saturated rings. The van der Waals surface area contributed by atoms with Crippen LogP contribution in [0.2, 0.25) is 0 Å². The van der Waals surface area contributed by atoms with Gasteiger partial charge >= 0.3 is 0 Å². The first-order valence-electron chi connectivity index (χ1n) is 6.05. The molecule has 0 amide bonds. The highest BCUT2D eigenvalue weighted by Gasteiger charge is 2.07. The van der Waals surface area contributed by atoms with Gasteiger partial charge < -0.3 is 5.32 Å². The van der Waals surface area contributed by atoms with Gasteiger partial charge in [0.1, 0.15) is 0 Å². The fourth-order valence-corrected chi connectivity index (χ4v) is 1.68. The van der Waals surface area contributed by atoms with Crippen molar-refractivity contribution in [1.82, 2.24) is 5.32 Å². The molecule has 1 unspecified atom stereocenters. The minimum absolute atomic E-state index is 0.724. The van der Waals surface area contributed by atoms with Crippen LogP contribution >= 0.6 is 0 Å². The lowest BCUT2D eigenvalue weighted by Crippen LogP contribution is -2.29. The van der Waals surface area contributed by atoms with Crippen LogP contribution in [0.1, 0.15) is 52.9 Å². The van der Waals surface area contributed by atoms with Crippen molar-refractivity contribution in [3.8, 4) is 0 Å². The molecule has 0 rings (SSSR count). The second kappa shape index (κ2) is 9.26. The predicted octanol–water partition coefficient (Wildman–Crippen LogP) is 3.76. The van der Waals surface area contributed by atoms with Gasteiger partial charge in [-0.05, 0) is 44.6 Å². The molecule has 0 aromatic carbocycles. The zero-order chi connectivity index (χ0) is 10.8. The monoisotopic (exact) mass is 197 g/mol. The predicted molar refractivity (Wildman–Crippen MR) is 65.6 cm³/mol. The normalized spacial score (nSPS) is 13.1. The van der Waals surface area contributed by atoms with Gasteiger partial charge in [0.15, 0.2) is 0 Å². The average molecular weight is 197 g/mol. The molecule has 0 aliphatic carbocycles. The van der Waals surface area contributed by atoms with Crippen LogP contribution in [0.15, 0.2) is 12.7 Å². The zero-order valence-corrected chi connectivity index (χ0v) is 10.2. The first-order chi connectivity index (χ1) is 6.70. The molecular formula is C13H27N. The van der Waals surface area contributed by atoms with E-state index in [9.17, 15) is 0 Å². The summed E-state index contributed by atoms with van der Waals surface area (Å²) < 4.78 is 0. The maximum Gasteiger partial charge on any atom is 0.00671 e. The quantitative estimate of drug-likeness (QED) is 0.438. The summed E-state index contributed by atoms with van der Waals surface area (Å²) in [5.74, 6) is 0.829. The Kier molecular flexibility index (Phi) is 9.06. The van der Waals surface area contributed by atoms with E-state index in [1.807, 2.05) is 6.08 Å². The van der Waals surface area contributed by atoms with Gasteiger partial charge in [-0.2, -0.15) is 0 Å². The van der Waals surface area contributed by atoms with E-state index in [2.05, 4.69) is 32.7 Å². The van der Waals surface area contributed by atoms with E-state index < -0.39 is 0 Å². The van der Waals surface area contributed by atoms with E-state index >= 15 is 0 Å². The smallest absolute Gasteiger partial charge is 0.00671 e. The Labute approximate surface area is 90.0 Å². The lowest BCUT2D eigenvalue weighted by molar-refractivity contribution is 0.410. The van der Waals surface area contributed by atoms with E-state index in [0.717, 1.165) is 24.9 Å². The van der Waals surface area contributed by atoms with Crippen molar-refractivity contribution in [2.45, 2.75) is 58.9 Å². The van der Waals surface area contributed by atoms with Gasteiger partial charge in [0.2, 0.25) is 0 Å². The van der Waals surface area contributed by atoms with E-state index in [0.29, 0.717) is 0 Å². The number of hydrogen-bond acceptors (Lipinski definition) is 1. The van der Waals surface area contributed by atoms with E-state index in [4.69, 9.17) is 0 Å². The van der Waals surface area contributed by atoms with Crippen molar-refractivity contribution in [3.63, 3.8) is 0 Å². The van der Waals surface area contributed by atoms with Gasteiger partial charge in [-0.25, -0.2) is 0 Å². The molecular weight excluding hydrogens is 170 g/mol. The summed E-state index contributed by atoms with van der Waals surface area (Å²) >= 11 is 0. The molecule has 0 saturated heterocycles. The number of nitrogens with one attached hydrogen (secondary N) is 1. The molecule has 0 spiro atoms. The Balaban J connectivity index is 3.59. The Bertz CT molecular complexity index is 129. The van der Waals surface area contributed by atoms with Crippen LogP contribution in [-0.4, -0.2) is 12.6 Å². The van der Waals surface area contributed by atoms with Crippen molar-refractivity contribution in [3.05, 3.63) is 12.7 Å². The molecule has 84 valence electrons. The van der Waals surface area contributed by atoms with Gasteiger partial charge in [-0.1, -0.05) is 26.8 Å². The highest BCUT2D eigenvalue weighted by Crippen LogP contribution is 2.11. The second-order valence-corrected chi connectivity index (χ2v) is 4.45. The molecule has 0 aromatic heterocycles. The lowest BCUT2D eigenvalue weighted by Gasteiger charge is -2.18. The number of allylic oxidation sites excluding steroid dienone is 1. The van der Waals surface area contributed by atoms with Gasteiger partial charge in [0.25, 0.3) is 0 Å². The van der Waals surface area contributed by atoms with Crippen LogP contribution in [0.25, 0.3) is 0 Å². The summed E-state index contributed by atoms with van der Waals surface area (Å²) in [4.78, 5) is 0. The Morgan fingerprint density at radius 1 is 1.21 bits per heavy atom. The summed E-state index contributed by atoms with van der Waals surface area (Å²) in [5, 5.41) is 3.56. The van der Waals surface area contributed by atoms with Crippen LogP contribution in [-0.2, 0) is 0 Å². The third kappa shape index (κ3) is 8.31. The minimum Gasteiger partial charge on any atom is -0.314 e. The molecule has 0 saturated carbocycles. The first-order valence-corrected chi connectivity index (χ1v) is 6.05. The van der Waals surface area contributed by atoms with E-state index in [1.54, 1.807) is 0 Å². The number of unbranched alkanes of at least 4 members (excludes halogenated alkanes) is 1. The van der Waals surface area contributed by atoms with Gasteiger partial charge in [0.05, 0.1) is 0 Å². The van der Waals surface area contributed by atoms with Crippen molar-refractivity contribution in [2.24, 2.45) is 5.92 Å². The lowest BCUT2D eigenvalue weighted by atomic mass is 9.99. The van der Waals surface area contributed by atoms with Gasteiger partial charge in [0, 0.05) is 6.04 Å². The average Bonchev–Trinajstić information content (AvgIpc) is 2.14. The third-order valence-electron chi connectivity index (χ3n) is 2.55. The maximum atomic E-state index is 3.76. The summed E-state index contributed by atoms with van der Waals surface area (Å²) in [7, 11) is 0. The largest absolute Gasteiger partial charge is 0.314 e. The Hall–Kier alpha value is -0.300. The maximum absolute atomic E-state index is 3.76. The summed E-state index contributed by atoms with van der Waals surface area (Å²) in [6.45, 7) is 11.6. The molecule has 1 N–H and O–H groups in total. The SMILES string of the molecule is C=CCCCC(CCC(C)C)NCC. The van der Waals surface area contributed by atoms with E-state index in [1.165, 1.54) is 25.7 Å². The molecule has 0 heterocycles. The van der Waals surface area contributed by atoms with Crippen LogP contribution in [0.5, 0.6) is 0 Å². The molecule has 0 radical (unpaired) electrons. The van der Waals surface area contributed by atoms with E-state index in [-0.39, 0.29) is 0 Å². The second-order valence-electron chi connectivity index (χ2n) is 4.45. The summed E-state index contributed by atoms with van der Waals surface area (Å²) in [6, 6.07) is 0.724. The van der Waals surface area contributed by atoms with Crippen molar-refractivity contribution in [2.75, 3.05) is 6.54 Å². The van der Waals surface area contributed by atoms with Gasteiger partial charge in [-0.15, -0.1) is 6.58 Å². The van der Waals surface area contributed by atoms with Crippen molar-refractivity contribution < 1.29 is 0 Å². The fraction of sp³-hybridized carbons (Fsp3) is 0.846. The standard InChI is InChI=1S/C13H27N/c1-5-7-8-9-13(14-6-2)11-10-12(3)4/h5,12-14H,1,6-11H2,2-4H3. The summed E-state index contributed by atoms with van der Waals surface area (Å²) in [6.07, 6.45) is 8.41. The van der Waals surface area contributed by atoms with Crippen molar-refractivity contribution in [1.29, 1.82) is 0 Å². The molecule has 0 bridgehead atoms. The zero-order valence-electron chi connectivity index (χ0n) is 10.2. The van der Waals surface area contributed by atoms with Crippen molar-refractivity contribution >= 4 is 0 Å².